The number of carbonyl (C=O) groups is 1. The normalized spacial score (nSPS) is 9.60. The predicted octanol–water partition coefficient (Wildman–Crippen LogP) is 1.29. The van der Waals surface area contributed by atoms with Crippen LogP contribution in [-0.4, -0.2) is 15.5 Å². The minimum atomic E-state index is -0.299. The highest BCUT2D eigenvalue weighted by Gasteiger charge is 2.06. The average Bonchev–Trinajstić information content (AvgIpc) is 2.81. The fourth-order valence-corrected chi connectivity index (χ4v) is 1.41. The van der Waals surface area contributed by atoms with Gasteiger partial charge in [-0.05, 0) is 23.7 Å². The lowest BCUT2D eigenvalue weighted by Gasteiger charge is -2.05. The molecular formula is C9H8N4OS. The second-order valence-electron chi connectivity index (χ2n) is 2.74. The zero-order valence-electron chi connectivity index (χ0n) is 7.68. The molecule has 0 radical (unpaired) electrons. The van der Waals surface area contributed by atoms with Gasteiger partial charge in [-0.25, -0.2) is 0 Å². The Morgan fingerprint density at radius 3 is 2.73 bits per heavy atom. The fourth-order valence-electron chi connectivity index (χ4n) is 0.978. The summed E-state index contributed by atoms with van der Waals surface area (Å²) in [5.41, 5.74) is 6.41. The van der Waals surface area contributed by atoms with E-state index < -0.39 is 0 Å². The summed E-state index contributed by atoms with van der Waals surface area (Å²) in [6.45, 7) is 0. The number of hydrogen-bond acceptors (Lipinski definition) is 5. The fraction of sp³-hybridized carbons (Fsp3) is 0. The molecule has 0 unspecified atom stereocenters. The summed E-state index contributed by atoms with van der Waals surface area (Å²) in [5.74, 6) is -0.299. The van der Waals surface area contributed by atoms with Gasteiger partial charge in [0, 0.05) is 5.38 Å². The minimum Gasteiger partial charge on any atom is -0.298 e. The molecule has 0 aliphatic carbocycles. The number of aromatic nitrogens is 2. The summed E-state index contributed by atoms with van der Waals surface area (Å²) in [6.07, 6.45) is 0. The van der Waals surface area contributed by atoms with Crippen molar-refractivity contribution in [3.8, 4) is 0 Å². The van der Waals surface area contributed by atoms with Crippen molar-refractivity contribution in [2.24, 2.45) is 0 Å². The maximum absolute atomic E-state index is 11.4. The molecular weight excluding hydrogens is 212 g/mol. The second-order valence-corrected chi connectivity index (χ2v) is 3.35. The van der Waals surface area contributed by atoms with Crippen LogP contribution in [-0.2, 0) is 0 Å². The first-order chi connectivity index (χ1) is 7.36. The van der Waals surface area contributed by atoms with Crippen LogP contribution in [0.2, 0.25) is 0 Å². The summed E-state index contributed by atoms with van der Waals surface area (Å²) >= 11 is 1.14. The lowest BCUT2D eigenvalue weighted by molar-refractivity contribution is 0.0957. The molecule has 6 heteroatoms. The van der Waals surface area contributed by atoms with Gasteiger partial charge in [0.25, 0.3) is 5.91 Å². The summed E-state index contributed by atoms with van der Waals surface area (Å²) in [5, 5.41) is 5.23. The Morgan fingerprint density at radius 2 is 2.07 bits per heavy atom. The van der Waals surface area contributed by atoms with Crippen molar-refractivity contribution < 1.29 is 4.79 Å². The Kier molecular flexibility index (Phi) is 2.89. The zero-order valence-corrected chi connectivity index (χ0v) is 8.49. The van der Waals surface area contributed by atoms with Gasteiger partial charge in [0.05, 0.1) is 5.69 Å². The van der Waals surface area contributed by atoms with Crippen LogP contribution >= 0.6 is 11.5 Å². The largest absolute Gasteiger partial charge is 0.298 e. The first kappa shape index (κ1) is 9.60. The maximum Gasteiger partial charge on any atom is 0.291 e. The van der Waals surface area contributed by atoms with Crippen LogP contribution in [0.4, 0.5) is 5.69 Å². The van der Waals surface area contributed by atoms with Crippen molar-refractivity contribution in [3.63, 3.8) is 0 Å². The number of nitrogens with zero attached hydrogens (tertiary/aromatic N) is 2. The number of benzene rings is 1. The lowest BCUT2D eigenvalue weighted by Crippen LogP contribution is -2.29. The van der Waals surface area contributed by atoms with Crippen molar-refractivity contribution >= 4 is 23.1 Å². The van der Waals surface area contributed by atoms with Crippen LogP contribution in [0.25, 0.3) is 0 Å². The van der Waals surface area contributed by atoms with Gasteiger partial charge in [0.15, 0.2) is 5.69 Å². The number of hydrazine groups is 1. The van der Waals surface area contributed by atoms with Gasteiger partial charge < -0.3 is 0 Å². The third kappa shape index (κ3) is 2.50. The van der Waals surface area contributed by atoms with Gasteiger partial charge in [-0.1, -0.05) is 22.7 Å². The van der Waals surface area contributed by atoms with E-state index in [0.29, 0.717) is 5.69 Å². The molecule has 0 spiro atoms. The van der Waals surface area contributed by atoms with Crippen LogP contribution in [0, 0.1) is 0 Å². The molecule has 1 heterocycles. The quantitative estimate of drug-likeness (QED) is 0.765. The number of para-hydroxylation sites is 1. The number of rotatable bonds is 3. The first-order valence-electron chi connectivity index (χ1n) is 4.25. The van der Waals surface area contributed by atoms with E-state index in [0.717, 1.165) is 17.2 Å². The SMILES string of the molecule is O=C(NNc1ccccc1)c1csnn1. The summed E-state index contributed by atoms with van der Waals surface area (Å²) in [7, 11) is 0. The van der Waals surface area contributed by atoms with Gasteiger partial charge in [-0.2, -0.15) is 0 Å². The molecule has 76 valence electrons. The Bertz CT molecular complexity index is 429. The zero-order chi connectivity index (χ0) is 10.5. The van der Waals surface area contributed by atoms with E-state index in [1.807, 2.05) is 30.3 Å². The van der Waals surface area contributed by atoms with E-state index in [4.69, 9.17) is 0 Å². The topological polar surface area (TPSA) is 66.9 Å². The highest BCUT2D eigenvalue weighted by Crippen LogP contribution is 2.03. The number of carbonyl (C=O) groups excluding carboxylic acids is 1. The van der Waals surface area contributed by atoms with Gasteiger partial charge in [-0.15, -0.1) is 5.10 Å². The summed E-state index contributed by atoms with van der Waals surface area (Å²) in [4.78, 5) is 11.4. The Labute approximate surface area is 90.3 Å². The van der Waals surface area contributed by atoms with E-state index >= 15 is 0 Å². The molecule has 0 saturated carbocycles. The third-order valence-corrected chi connectivity index (χ3v) is 2.19. The van der Waals surface area contributed by atoms with Crippen molar-refractivity contribution in [1.29, 1.82) is 0 Å². The highest BCUT2D eigenvalue weighted by atomic mass is 32.1. The summed E-state index contributed by atoms with van der Waals surface area (Å²) in [6, 6.07) is 9.34. The van der Waals surface area contributed by atoms with Crippen molar-refractivity contribution in [1.82, 2.24) is 15.0 Å². The molecule has 0 bridgehead atoms. The second kappa shape index (κ2) is 4.52. The van der Waals surface area contributed by atoms with Gasteiger partial charge in [0.1, 0.15) is 0 Å². The van der Waals surface area contributed by atoms with E-state index in [2.05, 4.69) is 20.4 Å². The number of amides is 1. The molecule has 2 N–H and O–H groups in total. The smallest absolute Gasteiger partial charge is 0.291 e. The van der Waals surface area contributed by atoms with Gasteiger partial charge >= 0.3 is 0 Å². The molecule has 1 aromatic carbocycles. The predicted molar refractivity (Wildman–Crippen MR) is 57.4 cm³/mol. The maximum atomic E-state index is 11.4. The Hall–Kier alpha value is -1.95. The molecule has 15 heavy (non-hydrogen) atoms. The Balaban J connectivity index is 1.92. The third-order valence-electron chi connectivity index (χ3n) is 1.69. The molecule has 2 rings (SSSR count). The van der Waals surface area contributed by atoms with E-state index in [1.54, 1.807) is 5.38 Å². The van der Waals surface area contributed by atoms with Crippen LogP contribution in [0.3, 0.4) is 0 Å². The molecule has 1 aromatic heterocycles. The van der Waals surface area contributed by atoms with Crippen molar-refractivity contribution in [2.45, 2.75) is 0 Å². The monoisotopic (exact) mass is 220 g/mol. The van der Waals surface area contributed by atoms with E-state index in [1.165, 1.54) is 0 Å². The van der Waals surface area contributed by atoms with Crippen LogP contribution in [0.15, 0.2) is 35.7 Å². The number of anilines is 1. The highest BCUT2D eigenvalue weighted by molar-refractivity contribution is 7.03. The average molecular weight is 220 g/mol. The molecule has 1 amide bonds. The van der Waals surface area contributed by atoms with Crippen molar-refractivity contribution in [2.75, 3.05) is 5.43 Å². The van der Waals surface area contributed by atoms with Crippen molar-refractivity contribution in [3.05, 3.63) is 41.4 Å². The molecule has 2 aromatic rings. The van der Waals surface area contributed by atoms with E-state index in [-0.39, 0.29) is 5.91 Å². The van der Waals surface area contributed by atoms with Gasteiger partial charge in [-0.3, -0.25) is 15.6 Å². The number of hydrogen-bond donors (Lipinski definition) is 2. The Morgan fingerprint density at radius 1 is 1.27 bits per heavy atom. The molecule has 0 aliphatic rings. The molecule has 0 fully saturated rings. The molecule has 5 nitrogen and oxygen atoms in total. The first-order valence-corrected chi connectivity index (χ1v) is 5.08. The standard InChI is InChI=1S/C9H8N4OS/c14-9(8-6-15-13-11-8)12-10-7-4-2-1-3-5-7/h1-6,10H,(H,12,14). The van der Waals surface area contributed by atoms with Crippen LogP contribution in [0.5, 0.6) is 0 Å². The minimum absolute atomic E-state index is 0.299. The molecule has 0 saturated heterocycles. The van der Waals surface area contributed by atoms with Crippen LogP contribution < -0.4 is 10.9 Å². The van der Waals surface area contributed by atoms with Gasteiger partial charge in [0.2, 0.25) is 0 Å². The van der Waals surface area contributed by atoms with E-state index in [9.17, 15) is 4.79 Å². The number of nitrogens with one attached hydrogen (secondary N) is 2. The lowest BCUT2D eigenvalue weighted by atomic mass is 10.3. The molecule has 0 aliphatic heterocycles. The molecule has 0 atom stereocenters. The van der Waals surface area contributed by atoms with Crippen LogP contribution in [0.1, 0.15) is 10.5 Å². The summed E-state index contributed by atoms with van der Waals surface area (Å²) < 4.78 is 3.60.